The van der Waals surface area contributed by atoms with Gasteiger partial charge >= 0.3 is 0 Å². The van der Waals surface area contributed by atoms with Gasteiger partial charge in [-0.25, -0.2) is 43.9 Å². The Labute approximate surface area is 255 Å². The van der Waals surface area contributed by atoms with Crippen molar-refractivity contribution in [2.75, 3.05) is 6.23 Å². The van der Waals surface area contributed by atoms with Crippen molar-refractivity contribution in [1.82, 2.24) is 0 Å². The molecule has 240 valence electrons. The Kier molecular flexibility index (Phi) is 9.74. The molecule has 0 spiro atoms. The average Bonchev–Trinajstić information content (AvgIpc) is 3.01. The minimum absolute atomic E-state index is 0.0208. The highest BCUT2D eigenvalue weighted by Gasteiger charge is 2.54. The van der Waals surface area contributed by atoms with Gasteiger partial charge < -0.3 is 9.53 Å². The third kappa shape index (κ3) is 5.72. The second kappa shape index (κ2) is 12.7. The molecule has 0 saturated carbocycles. The van der Waals surface area contributed by atoms with E-state index in [1.165, 1.54) is 36.4 Å². The van der Waals surface area contributed by atoms with Crippen molar-refractivity contribution in [2.45, 2.75) is 38.0 Å². The van der Waals surface area contributed by atoms with Gasteiger partial charge in [-0.15, -0.1) is 0 Å². The fraction of sp³-hybridized carbons (Fsp3) is 0.226. The number of benzene rings is 4. The van der Waals surface area contributed by atoms with Crippen LogP contribution in [0.25, 0.3) is 22.3 Å². The summed E-state index contributed by atoms with van der Waals surface area (Å²) in [5, 5.41) is -0.984. The van der Waals surface area contributed by atoms with Crippen LogP contribution in [0.4, 0.5) is 43.9 Å². The lowest BCUT2D eigenvalue weighted by molar-refractivity contribution is 0.0410. The molecule has 4 rings (SSSR count). The van der Waals surface area contributed by atoms with E-state index in [1.807, 2.05) is 0 Å². The summed E-state index contributed by atoms with van der Waals surface area (Å²) in [6, 6.07) is 10.1. The Bertz CT molecular complexity index is 1690. The molecule has 0 fully saturated rings. The van der Waals surface area contributed by atoms with Crippen LogP contribution in [-0.4, -0.2) is 34.8 Å². The minimum atomic E-state index is -3.82. The predicted octanol–water partition coefficient (Wildman–Crippen LogP) is 6.85. The van der Waals surface area contributed by atoms with Gasteiger partial charge in [0.2, 0.25) is 11.6 Å². The summed E-state index contributed by atoms with van der Waals surface area (Å²) >= 11 is 0. The molecule has 4 aromatic rings. The molecule has 2 nitrogen and oxygen atoms in total. The average molecular weight is 677 g/mol. The zero-order valence-corrected chi connectivity index (χ0v) is 27.2. The lowest BCUT2D eigenvalue weighted by atomic mass is 10.00. The zero-order chi connectivity index (χ0) is 33.6. The highest BCUT2D eigenvalue weighted by Crippen LogP contribution is 2.38. The fourth-order valence-electron chi connectivity index (χ4n) is 5.65. The van der Waals surface area contributed by atoms with E-state index in [-0.39, 0.29) is 23.8 Å². The number of hydrogen-bond donors (Lipinski definition) is 1. The summed E-state index contributed by atoms with van der Waals surface area (Å²) in [6.07, 6.45) is 0.275. The van der Waals surface area contributed by atoms with E-state index in [2.05, 4.69) is 0 Å². The molecule has 1 N–H and O–H groups in total. The molecule has 4 aromatic carbocycles. The molecule has 2 atom stereocenters. The summed E-state index contributed by atoms with van der Waals surface area (Å²) in [5.41, 5.74) is -2.80. The van der Waals surface area contributed by atoms with Gasteiger partial charge in [0, 0.05) is 22.9 Å². The molecular weight excluding hydrogens is 650 g/mol. The van der Waals surface area contributed by atoms with Crippen LogP contribution in [-0.2, 0) is 11.2 Å². The van der Waals surface area contributed by atoms with Crippen LogP contribution in [0, 0.1) is 58.2 Å². The van der Waals surface area contributed by atoms with Crippen LogP contribution in [0.15, 0.2) is 48.5 Å². The molecule has 0 aromatic heterocycles. The Morgan fingerprint density at radius 3 is 1.29 bits per heavy atom. The number of halogens is 10. The monoisotopic (exact) mass is 676 g/mol. The molecule has 0 aliphatic heterocycles. The third-order valence-electron chi connectivity index (χ3n) is 7.92. The Morgan fingerprint density at radius 2 is 0.956 bits per heavy atom. The van der Waals surface area contributed by atoms with Crippen molar-refractivity contribution >= 4 is 23.7 Å². The molecule has 0 heterocycles. The van der Waals surface area contributed by atoms with Crippen molar-refractivity contribution in [1.29, 1.82) is 0 Å². The number of hydrogen-bond acceptors (Lipinski definition) is 2. The fourth-order valence-corrected chi connectivity index (χ4v) is 10.6. The zero-order valence-electron chi connectivity index (χ0n) is 24.2. The van der Waals surface area contributed by atoms with Gasteiger partial charge in [0.25, 0.3) is 8.32 Å². The second-order valence-corrected chi connectivity index (χ2v) is 15.8. The van der Waals surface area contributed by atoms with Gasteiger partial charge in [-0.05, 0) is 34.3 Å². The van der Waals surface area contributed by atoms with Gasteiger partial charge in [0.15, 0.2) is 46.5 Å². The maximum atomic E-state index is 14.4. The first-order valence-electron chi connectivity index (χ1n) is 13.6. The minimum Gasteiger partial charge on any atom is -0.425 e. The Hall–Kier alpha value is -3.47. The topological polar surface area (TPSA) is 29.5 Å². The van der Waals surface area contributed by atoms with Crippen molar-refractivity contribution in [3.8, 4) is 22.3 Å². The molecule has 0 aliphatic rings. The van der Waals surface area contributed by atoms with Gasteiger partial charge in [-0.3, -0.25) is 0 Å². The van der Waals surface area contributed by atoms with Crippen molar-refractivity contribution < 1.29 is 53.4 Å². The largest absolute Gasteiger partial charge is 0.425 e. The first-order valence-corrected chi connectivity index (χ1v) is 17.0. The molecule has 0 saturated heterocycles. The molecule has 0 aliphatic carbocycles. The Balaban J connectivity index is 1.75. The molecule has 0 amide bonds. The summed E-state index contributed by atoms with van der Waals surface area (Å²) in [5.74, 6) is -20.9. The van der Waals surface area contributed by atoms with Crippen LogP contribution in [0.2, 0.25) is 5.54 Å². The summed E-state index contributed by atoms with van der Waals surface area (Å²) in [6.45, 7) is 5.10. The maximum Gasteiger partial charge on any atom is 0.254 e. The highest BCUT2D eigenvalue weighted by atomic mass is 28.4. The molecule has 0 radical (unpaired) electrons. The first-order chi connectivity index (χ1) is 21.0. The number of rotatable bonds is 9. The normalized spacial score (nSPS) is 14.6. The molecule has 45 heavy (non-hydrogen) atoms. The number of ether oxygens (including phenoxy) is 1. The van der Waals surface area contributed by atoms with E-state index in [0.717, 1.165) is 12.1 Å². The van der Waals surface area contributed by atoms with Crippen molar-refractivity contribution in [2.24, 2.45) is 0 Å². The smallest absolute Gasteiger partial charge is 0.254 e. The van der Waals surface area contributed by atoms with Crippen LogP contribution >= 0.6 is 0 Å². The lowest BCUT2D eigenvalue weighted by Gasteiger charge is -2.45. The predicted molar refractivity (Wildman–Crippen MR) is 154 cm³/mol. The van der Waals surface area contributed by atoms with E-state index in [4.69, 9.17) is 4.74 Å². The third-order valence-corrected chi connectivity index (χ3v) is 13.0. The second-order valence-electron chi connectivity index (χ2n) is 10.9. The van der Waals surface area contributed by atoms with E-state index >= 15 is 0 Å². The SMILES string of the molecule is CC(C)[Si](O)(c1ccc(-c2c(F)c(F)c(F)c(F)c2F)cc1)C(C)(Cc1ccc(-c2c(F)c(F)c(F)c(F)c2F)cc1)OC[SiH3]. The summed E-state index contributed by atoms with van der Waals surface area (Å²) in [4.78, 5) is 12.4. The Morgan fingerprint density at radius 1 is 0.622 bits per heavy atom. The lowest BCUT2D eigenvalue weighted by Crippen LogP contribution is -2.69. The van der Waals surface area contributed by atoms with Gasteiger partial charge in [0.05, 0.1) is 16.4 Å². The van der Waals surface area contributed by atoms with E-state index in [1.54, 1.807) is 20.8 Å². The van der Waals surface area contributed by atoms with Crippen LogP contribution < -0.4 is 5.19 Å². The van der Waals surface area contributed by atoms with Crippen molar-refractivity contribution in [3.05, 3.63) is 112 Å². The van der Waals surface area contributed by atoms with Gasteiger partial charge in [-0.2, -0.15) is 0 Å². The molecule has 14 heteroatoms. The van der Waals surface area contributed by atoms with Gasteiger partial charge in [0.1, 0.15) is 0 Å². The molecule has 2 unspecified atom stereocenters. The van der Waals surface area contributed by atoms with Crippen molar-refractivity contribution in [3.63, 3.8) is 0 Å². The highest BCUT2D eigenvalue weighted by molar-refractivity contribution is 6.89. The molecule has 0 bridgehead atoms. The van der Waals surface area contributed by atoms with Gasteiger partial charge in [-0.1, -0.05) is 62.4 Å². The summed E-state index contributed by atoms with van der Waals surface area (Å²) in [7, 11) is -3.26. The standard InChI is InChI=1S/C31H26F10O2Si2/c1-14(2)45(42,18-10-8-17(9-11-18)20-23(34)27(38)30(41)28(39)24(20)35)31(3,43-13-44)12-15-4-6-16(7-5-15)19-21(32)25(36)29(40)26(37)22(19)33/h4-11,14,42H,12-13H2,1-3,44H3. The van der Waals surface area contributed by atoms with E-state index in [0.29, 0.717) is 21.0 Å². The van der Waals surface area contributed by atoms with Crippen LogP contribution in [0.1, 0.15) is 26.3 Å². The first kappa shape index (κ1) is 34.4. The van der Waals surface area contributed by atoms with Crippen LogP contribution in [0.5, 0.6) is 0 Å². The summed E-state index contributed by atoms with van der Waals surface area (Å²) < 4.78 is 146. The van der Waals surface area contributed by atoms with E-state index in [9.17, 15) is 48.7 Å². The maximum absolute atomic E-state index is 14.4. The molecular formula is C31H26F10O2Si2. The quantitative estimate of drug-likeness (QED) is 0.0911. The van der Waals surface area contributed by atoms with E-state index < -0.39 is 88.4 Å². The van der Waals surface area contributed by atoms with Crippen LogP contribution in [0.3, 0.4) is 0 Å².